The maximum atomic E-state index is 11.5. The molecule has 2 aliphatic rings. The smallest absolute Gasteiger partial charge is 0.261 e. The van der Waals surface area contributed by atoms with Crippen LogP contribution in [0.4, 0.5) is 0 Å². The molecule has 0 aromatic heterocycles. The summed E-state index contributed by atoms with van der Waals surface area (Å²) in [6.07, 6.45) is 4.90. The van der Waals surface area contributed by atoms with Crippen LogP contribution in [0.3, 0.4) is 0 Å². The Labute approximate surface area is 194 Å². The number of rotatable bonds is 6. The summed E-state index contributed by atoms with van der Waals surface area (Å²) in [6.45, 7) is 9.20. The molecule has 1 saturated carbocycles. The number of hydrogen-bond acceptors (Lipinski definition) is 4. The van der Waals surface area contributed by atoms with E-state index in [1.54, 1.807) is 0 Å². The van der Waals surface area contributed by atoms with Crippen LogP contribution >= 0.6 is 0 Å². The van der Waals surface area contributed by atoms with E-state index in [4.69, 9.17) is 13.9 Å². The van der Waals surface area contributed by atoms with Crippen LogP contribution in [0.25, 0.3) is 0 Å². The molecule has 1 aliphatic carbocycles. The van der Waals surface area contributed by atoms with Gasteiger partial charge in [-0.25, -0.2) is 0 Å². The van der Waals surface area contributed by atoms with E-state index in [9.17, 15) is 5.11 Å². The molecule has 2 fully saturated rings. The molecule has 0 amide bonds. The summed E-state index contributed by atoms with van der Waals surface area (Å²) in [4.78, 5) is 0. The molecule has 2 aromatic rings. The highest BCUT2D eigenvalue weighted by Gasteiger charge is 2.53. The minimum atomic E-state index is -2.71. The van der Waals surface area contributed by atoms with Crippen LogP contribution in [0.5, 0.6) is 0 Å². The van der Waals surface area contributed by atoms with Crippen LogP contribution in [0.15, 0.2) is 60.7 Å². The molecule has 4 nitrogen and oxygen atoms in total. The van der Waals surface area contributed by atoms with Gasteiger partial charge in [-0.1, -0.05) is 87.9 Å². The average Bonchev–Trinajstić information content (AvgIpc) is 3.19. The molecule has 2 atom stereocenters. The highest BCUT2D eigenvalue weighted by atomic mass is 28.4. The van der Waals surface area contributed by atoms with Gasteiger partial charge in [0, 0.05) is 12.8 Å². The number of aliphatic hydroxyl groups is 1. The van der Waals surface area contributed by atoms with Crippen LogP contribution in [0, 0.1) is 0 Å². The summed E-state index contributed by atoms with van der Waals surface area (Å²) >= 11 is 0. The molecule has 4 rings (SSSR count). The van der Waals surface area contributed by atoms with Crippen molar-refractivity contribution in [2.45, 2.75) is 82.3 Å². The monoisotopic (exact) mass is 454 g/mol. The third-order valence-electron chi connectivity index (χ3n) is 7.16. The van der Waals surface area contributed by atoms with E-state index in [1.165, 1.54) is 16.8 Å². The molecule has 0 radical (unpaired) electrons. The van der Waals surface area contributed by atoms with Gasteiger partial charge in [0.25, 0.3) is 8.32 Å². The number of benzene rings is 2. The molecule has 5 heteroatoms. The highest BCUT2D eigenvalue weighted by molar-refractivity contribution is 6.99. The van der Waals surface area contributed by atoms with Crippen molar-refractivity contribution < 1.29 is 19.0 Å². The van der Waals surface area contributed by atoms with Crippen molar-refractivity contribution in [1.82, 2.24) is 0 Å². The third-order valence-corrected chi connectivity index (χ3v) is 12.1. The van der Waals surface area contributed by atoms with Crippen LogP contribution < -0.4 is 10.4 Å². The van der Waals surface area contributed by atoms with Gasteiger partial charge < -0.3 is 19.0 Å². The van der Waals surface area contributed by atoms with Gasteiger partial charge in [0.05, 0.1) is 13.2 Å². The van der Waals surface area contributed by atoms with Crippen molar-refractivity contribution in [2.24, 2.45) is 0 Å². The van der Waals surface area contributed by atoms with Gasteiger partial charge >= 0.3 is 0 Å². The second kappa shape index (κ2) is 9.03. The first-order chi connectivity index (χ1) is 15.2. The predicted molar refractivity (Wildman–Crippen MR) is 131 cm³/mol. The van der Waals surface area contributed by atoms with Crippen molar-refractivity contribution in [3.63, 3.8) is 0 Å². The van der Waals surface area contributed by atoms with Crippen molar-refractivity contribution in [3.8, 4) is 0 Å². The summed E-state index contributed by atoms with van der Waals surface area (Å²) in [7, 11) is -2.71. The zero-order chi connectivity index (χ0) is 22.9. The number of hydrogen-bond donors (Lipinski definition) is 1. The normalized spacial score (nSPS) is 23.2. The van der Waals surface area contributed by atoms with Gasteiger partial charge in [-0.2, -0.15) is 0 Å². The molecule has 1 N–H and O–H groups in total. The lowest BCUT2D eigenvalue weighted by Gasteiger charge is -2.45. The third kappa shape index (κ3) is 4.46. The van der Waals surface area contributed by atoms with Gasteiger partial charge in [0.2, 0.25) is 0 Å². The highest BCUT2D eigenvalue weighted by Crippen LogP contribution is 2.41. The largest absolute Gasteiger partial charge is 0.404 e. The topological polar surface area (TPSA) is 47.9 Å². The van der Waals surface area contributed by atoms with E-state index in [-0.39, 0.29) is 17.7 Å². The Morgan fingerprint density at radius 2 is 1.44 bits per heavy atom. The van der Waals surface area contributed by atoms with Crippen LogP contribution in [0.1, 0.15) is 59.8 Å². The van der Waals surface area contributed by atoms with E-state index < -0.39 is 19.7 Å². The van der Waals surface area contributed by atoms with E-state index in [2.05, 4.69) is 69.3 Å². The maximum absolute atomic E-state index is 11.5. The molecule has 0 bridgehead atoms. The second-order valence-corrected chi connectivity index (χ2v) is 15.0. The Kier molecular flexibility index (Phi) is 6.68. The van der Waals surface area contributed by atoms with Gasteiger partial charge in [0.1, 0.15) is 11.7 Å². The zero-order valence-corrected chi connectivity index (χ0v) is 21.0. The van der Waals surface area contributed by atoms with Gasteiger partial charge in [-0.05, 0) is 35.2 Å². The Hall–Kier alpha value is -1.50. The van der Waals surface area contributed by atoms with Gasteiger partial charge in [-0.3, -0.25) is 0 Å². The van der Waals surface area contributed by atoms with Crippen LogP contribution in [-0.2, 0) is 13.9 Å². The van der Waals surface area contributed by atoms with Gasteiger partial charge in [0.15, 0.2) is 5.79 Å². The minimum absolute atomic E-state index is 0.136. The predicted octanol–water partition coefficient (Wildman–Crippen LogP) is 4.39. The Morgan fingerprint density at radius 1 is 0.906 bits per heavy atom. The van der Waals surface area contributed by atoms with Crippen LogP contribution in [0.2, 0.25) is 5.04 Å². The fourth-order valence-corrected chi connectivity index (χ4v) is 9.99. The molecular weight excluding hydrogens is 416 g/mol. The molecule has 0 unspecified atom stereocenters. The van der Waals surface area contributed by atoms with Gasteiger partial charge in [-0.15, -0.1) is 0 Å². The SMILES string of the molecule is CC(C)(C)[Si](OC[C@@](C)(O)[C@@H]1COC2(CCCCC2)O1)(c1ccccc1)c1ccccc1. The fraction of sp³-hybridized carbons (Fsp3) is 0.556. The van der Waals surface area contributed by atoms with E-state index in [0.29, 0.717) is 6.61 Å². The summed E-state index contributed by atoms with van der Waals surface area (Å²) in [5.41, 5.74) is -1.14. The Balaban J connectivity index is 1.63. The quantitative estimate of drug-likeness (QED) is 0.658. The summed E-state index contributed by atoms with van der Waals surface area (Å²) in [5, 5.41) is 13.8. The fourth-order valence-electron chi connectivity index (χ4n) is 5.32. The maximum Gasteiger partial charge on any atom is 0.261 e. The van der Waals surface area contributed by atoms with Crippen molar-refractivity contribution in [3.05, 3.63) is 60.7 Å². The summed E-state index contributed by atoms with van der Waals surface area (Å²) in [5.74, 6) is -0.510. The summed E-state index contributed by atoms with van der Waals surface area (Å²) in [6, 6.07) is 21.1. The number of ether oxygens (including phenoxy) is 2. The molecule has 1 saturated heterocycles. The lowest BCUT2D eigenvalue weighted by atomic mass is 9.94. The molecule has 32 heavy (non-hydrogen) atoms. The second-order valence-electron chi connectivity index (χ2n) is 10.7. The lowest BCUT2D eigenvalue weighted by molar-refractivity contribution is -0.208. The molecule has 1 aliphatic heterocycles. The molecular formula is C27H38O4Si. The molecule has 1 spiro atoms. The first-order valence-corrected chi connectivity index (χ1v) is 13.9. The summed E-state index contributed by atoms with van der Waals surface area (Å²) < 4.78 is 19.5. The Morgan fingerprint density at radius 3 is 1.94 bits per heavy atom. The Bertz CT molecular complexity index is 830. The van der Waals surface area contributed by atoms with Crippen LogP contribution in [-0.4, -0.2) is 44.1 Å². The average molecular weight is 455 g/mol. The van der Waals surface area contributed by atoms with Crippen molar-refractivity contribution in [1.29, 1.82) is 0 Å². The standard InChI is InChI=1S/C27H38O4Si/c1-25(2,3)32(22-14-8-5-9-15-22,23-16-10-6-11-17-23)30-21-26(4,28)24-20-29-27(31-24)18-12-7-13-19-27/h5-6,8-11,14-17,24,28H,7,12-13,18-21H2,1-4H3/t24-,26+/m0/s1. The molecule has 174 valence electrons. The van der Waals surface area contributed by atoms with E-state index in [1.807, 2.05) is 19.1 Å². The molecule has 1 heterocycles. The first-order valence-electron chi connectivity index (χ1n) is 12.0. The van der Waals surface area contributed by atoms with Crippen molar-refractivity contribution in [2.75, 3.05) is 13.2 Å². The van der Waals surface area contributed by atoms with Crippen molar-refractivity contribution >= 4 is 18.7 Å². The molecule has 2 aromatic carbocycles. The zero-order valence-electron chi connectivity index (χ0n) is 20.0. The van der Waals surface area contributed by atoms with E-state index in [0.717, 1.165) is 25.7 Å². The van der Waals surface area contributed by atoms with E-state index >= 15 is 0 Å². The minimum Gasteiger partial charge on any atom is -0.404 e. The lowest BCUT2D eigenvalue weighted by Crippen LogP contribution is -2.68. The first kappa shape index (κ1) is 23.6.